The highest BCUT2D eigenvalue weighted by atomic mass is 16.5. The Balaban J connectivity index is 2.66. The van der Waals surface area contributed by atoms with Gasteiger partial charge in [-0.05, 0) is 25.1 Å². The molecule has 0 spiro atoms. The van der Waals surface area contributed by atoms with Crippen molar-refractivity contribution in [3.8, 4) is 5.75 Å². The van der Waals surface area contributed by atoms with Gasteiger partial charge in [0.2, 0.25) is 0 Å². The fourth-order valence-electron chi connectivity index (χ4n) is 1.56. The van der Waals surface area contributed by atoms with Crippen LogP contribution in [0.5, 0.6) is 5.75 Å². The van der Waals surface area contributed by atoms with E-state index in [2.05, 4.69) is 10.1 Å². The fraction of sp³-hybridized carbons (Fsp3) is 0.429. The van der Waals surface area contributed by atoms with Gasteiger partial charge in [-0.1, -0.05) is 0 Å². The number of methoxy groups -OCH3 is 2. The third-order valence-electron chi connectivity index (χ3n) is 2.71. The zero-order valence-corrected chi connectivity index (χ0v) is 12.3. The molecule has 7 nitrogen and oxygen atoms in total. The number of nitrogens with one attached hydrogen (secondary N) is 1. The largest absolute Gasteiger partial charge is 0.479 e. The van der Waals surface area contributed by atoms with Crippen molar-refractivity contribution in [2.75, 3.05) is 33.1 Å². The zero-order valence-electron chi connectivity index (χ0n) is 12.3. The van der Waals surface area contributed by atoms with Crippen molar-refractivity contribution in [2.24, 2.45) is 0 Å². The summed E-state index contributed by atoms with van der Waals surface area (Å²) in [5.74, 6) is -0.431. The Hall–Kier alpha value is -2.28. The number of rotatable bonds is 7. The van der Waals surface area contributed by atoms with Gasteiger partial charge >= 0.3 is 5.97 Å². The molecule has 0 saturated carbocycles. The molecule has 1 amide bonds. The summed E-state index contributed by atoms with van der Waals surface area (Å²) in [4.78, 5) is 23.1. The van der Waals surface area contributed by atoms with Crippen LogP contribution in [-0.4, -0.2) is 45.4 Å². The van der Waals surface area contributed by atoms with E-state index in [1.807, 2.05) is 0 Å². The van der Waals surface area contributed by atoms with Gasteiger partial charge in [0.15, 0.2) is 6.10 Å². The minimum atomic E-state index is -0.715. The Morgan fingerprint density at radius 1 is 1.33 bits per heavy atom. The number of esters is 1. The van der Waals surface area contributed by atoms with Gasteiger partial charge in [-0.25, -0.2) is 4.79 Å². The first-order chi connectivity index (χ1) is 9.99. The van der Waals surface area contributed by atoms with Gasteiger partial charge in [-0.15, -0.1) is 0 Å². The molecule has 0 saturated heterocycles. The van der Waals surface area contributed by atoms with E-state index in [9.17, 15) is 9.59 Å². The highest BCUT2D eigenvalue weighted by Gasteiger charge is 2.16. The fourth-order valence-corrected chi connectivity index (χ4v) is 1.56. The summed E-state index contributed by atoms with van der Waals surface area (Å²) >= 11 is 0. The molecular weight excluding hydrogens is 276 g/mol. The van der Waals surface area contributed by atoms with E-state index in [1.165, 1.54) is 25.3 Å². The van der Waals surface area contributed by atoms with Crippen molar-refractivity contribution >= 4 is 17.6 Å². The van der Waals surface area contributed by atoms with Gasteiger partial charge in [-0.2, -0.15) is 0 Å². The summed E-state index contributed by atoms with van der Waals surface area (Å²) in [5.41, 5.74) is 6.38. The third-order valence-corrected chi connectivity index (χ3v) is 2.71. The molecule has 1 aromatic carbocycles. The lowest BCUT2D eigenvalue weighted by Gasteiger charge is -2.16. The predicted molar refractivity (Wildman–Crippen MR) is 77.2 cm³/mol. The molecule has 0 radical (unpaired) electrons. The minimum Gasteiger partial charge on any atom is -0.479 e. The first-order valence-corrected chi connectivity index (χ1v) is 6.40. The van der Waals surface area contributed by atoms with Gasteiger partial charge < -0.3 is 25.3 Å². The number of carbonyl (C=O) groups is 2. The molecule has 0 bridgehead atoms. The Bertz CT molecular complexity index is 504. The molecule has 0 heterocycles. The first kappa shape index (κ1) is 16.8. The van der Waals surface area contributed by atoms with Crippen LogP contribution in [-0.2, 0) is 14.3 Å². The smallest absolute Gasteiger partial charge is 0.337 e. The van der Waals surface area contributed by atoms with Crippen LogP contribution in [0, 0.1) is 0 Å². The molecule has 3 N–H and O–H groups in total. The molecular formula is C14H20N2O5. The van der Waals surface area contributed by atoms with Gasteiger partial charge in [-0.3, -0.25) is 4.79 Å². The van der Waals surface area contributed by atoms with Crippen LogP contribution in [0.4, 0.5) is 5.69 Å². The minimum absolute atomic E-state index is 0.259. The number of hydrogen-bond donors (Lipinski definition) is 2. The molecule has 1 atom stereocenters. The average molecular weight is 296 g/mol. The van der Waals surface area contributed by atoms with Crippen LogP contribution in [0.3, 0.4) is 0 Å². The van der Waals surface area contributed by atoms with Crippen molar-refractivity contribution in [3.05, 3.63) is 23.8 Å². The first-order valence-electron chi connectivity index (χ1n) is 6.40. The standard InChI is InChI=1S/C14H20N2O5/c1-9(13(17)16-6-7-19-2)21-12-5-4-10(8-11(12)15)14(18)20-3/h4-5,8-9H,6-7,15H2,1-3H3,(H,16,17). The number of nitrogen functional groups attached to an aromatic ring is 1. The Morgan fingerprint density at radius 2 is 2.05 bits per heavy atom. The summed E-state index contributed by atoms with van der Waals surface area (Å²) in [7, 11) is 2.84. The molecule has 7 heteroatoms. The van der Waals surface area contributed by atoms with Crippen LogP contribution in [0.1, 0.15) is 17.3 Å². The second-order valence-electron chi connectivity index (χ2n) is 4.29. The van der Waals surface area contributed by atoms with Crippen molar-refractivity contribution in [1.82, 2.24) is 5.32 Å². The molecule has 1 rings (SSSR count). The monoisotopic (exact) mass is 296 g/mol. The van der Waals surface area contributed by atoms with Crippen LogP contribution < -0.4 is 15.8 Å². The Labute approximate surface area is 123 Å². The second kappa shape index (κ2) is 8.11. The molecule has 0 fully saturated rings. The summed E-state index contributed by atoms with van der Waals surface area (Å²) < 4.78 is 14.9. The van der Waals surface area contributed by atoms with Crippen molar-refractivity contribution in [2.45, 2.75) is 13.0 Å². The second-order valence-corrected chi connectivity index (χ2v) is 4.29. The number of hydrogen-bond acceptors (Lipinski definition) is 6. The zero-order chi connectivity index (χ0) is 15.8. The maximum absolute atomic E-state index is 11.7. The van der Waals surface area contributed by atoms with Crippen LogP contribution in [0.2, 0.25) is 0 Å². The van der Waals surface area contributed by atoms with Gasteiger partial charge in [0, 0.05) is 13.7 Å². The number of nitrogens with two attached hydrogens (primary N) is 1. The van der Waals surface area contributed by atoms with E-state index in [1.54, 1.807) is 14.0 Å². The third kappa shape index (κ3) is 4.96. The molecule has 1 unspecified atom stereocenters. The van der Waals surface area contributed by atoms with Crippen LogP contribution in [0.25, 0.3) is 0 Å². The normalized spacial score (nSPS) is 11.6. The van der Waals surface area contributed by atoms with Crippen molar-refractivity contribution < 1.29 is 23.8 Å². The lowest BCUT2D eigenvalue weighted by atomic mass is 10.2. The van der Waals surface area contributed by atoms with E-state index in [0.717, 1.165) is 0 Å². The summed E-state index contributed by atoms with van der Waals surface area (Å²) in [6, 6.07) is 4.49. The van der Waals surface area contributed by atoms with Crippen molar-refractivity contribution in [1.29, 1.82) is 0 Å². The SMILES string of the molecule is COCCNC(=O)C(C)Oc1ccc(C(=O)OC)cc1N. The van der Waals surface area contributed by atoms with Gasteiger partial charge in [0.1, 0.15) is 5.75 Å². The summed E-state index contributed by atoms with van der Waals surface area (Å²) in [6.07, 6.45) is -0.715. The molecule has 0 aliphatic rings. The van der Waals surface area contributed by atoms with Crippen molar-refractivity contribution in [3.63, 3.8) is 0 Å². The van der Waals surface area contributed by atoms with Gasteiger partial charge in [0.05, 0.1) is 25.0 Å². The van der Waals surface area contributed by atoms with E-state index < -0.39 is 12.1 Å². The maximum Gasteiger partial charge on any atom is 0.337 e. The number of amides is 1. The molecule has 116 valence electrons. The molecule has 1 aromatic rings. The maximum atomic E-state index is 11.7. The van der Waals surface area contributed by atoms with E-state index in [-0.39, 0.29) is 11.6 Å². The van der Waals surface area contributed by atoms with Gasteiger partial charge in [0.25, 0.3) is 5.91 Å². The highest BCUT2D eigenvalue weighted by molar-refractivity contribution is 5.91. The number of ether oxygens (including phenoxy) is 3. The number of carbonyl (C=O) groups excluding carboxylic acids is 2. The molecule has 0 aliphatic heterocycles. The number of anilines is 1. The van der Waals surface area contributed by atoms with E-state index in [4.69, 9.17) is 15.2 Å². The number of benzene rings is 1. The molecule has 21 heavy (non-hydrogen) atoms. The summed E-state index contributed by atoms with van der Waals surface area (Å²) in [6.45, 7) is 2.43. The van der Waals surface area contributed by atoms with E-state index >= 15 is 0 Å². The Kier molecular flexibility index (Phi) is 6.48. The van der Waals surface area contributed by atoms with E-state index in [0.29, 0.717) is 24.5 Å². The van der Waals surface area contributed by atoms with Crippen LogP contribution >= 0.6 is 0 Å². The quantitative estimate of drug-likeness (QED) is 0.434. The van der Waals surface area contributed by atoms with Crippen LogP contribution in [0.15, 0.2) is 18.2 Å². The predicted octanol–water partition coefficient (Wildman–Crippen LogP) is 0.585. The topological polar surface area (TPSA) is 99.9 Å². The molecule has 0 aromatic heterocycles. The highest BCUT2D eigenvalue weighted by Crippen LogP contribution is 2.24. The Morgan fingerprint density at radius 3 is 2.62 bits per heavy atom. The lowest BCUT2D eigenvalue weighted by Crippen LogP contribution is -2.38. The average Bonchev–Trinajstić information content (AvgIpc) is 2.48. The lowest BCUT2D eigenvalue weighted by molar-refractivity contribution is -0.127. The molecule has 0 aliphatic carbocycles. The summed E-state index contributed by atoms with van der Waals surface area (Å²) in [5, 5.41) is 2.66.